The number of hydrogen-bond donors (Lipinski definition) is 1. The summed E-state index contributed by atoms with van der Waals surface area (Å²) in [7, 11) is 2.05. The lowest BCUT2D eigenvalue weighted by Gasteiger charge is -2.19. The summed E-state index contributed by atoms with van der Waals surface area (Å²) < 4.78 is 0. The third-order valence-electron chi connectivity index (χ3n) is 2.94. The van der Waals surface area contributed by atoms with Crippen LogP contribution < -0.4 is 4.90 Å². The van der Waals surface area contributed by atoms with Crippen molar-refractivity contribution in [3.05, 3.63) is 46.4 Å². The van der Waals surface area contributed by atoms with E-state index in [0.717, 1.165) is 17.9 Å². The molecule has 0 amide bonds. The minimum absolute atomic E-state index is 0.457. The van der Waals surface area contributed by atoms with Crippen LogP contribution in [-0.2, 0) is 6.54 Å². The molecule has 4 heteroatoms. The SMILES string of the molecule is CCC(O)c1ccc(N(C)Cc2ccsc2)cn1. The van der Waals surface area contributed by atoms with Crippen LogP contribution in [0.2, 0.25) is 0 Å². The number of nitrogens with zero attached hydrogens (tertiary/aromatic N) is 2. The summed E-state index contributed by atoms with van der Waals surface area (Å²) in [5.41, 5.74) is 3.11. The number of aromatic nitrogens is 1. The van der Waals surface area contributed by atoms with E-state index in [-0.39, 0.29) is 0 Å². The van der Waals surface area contributed by atoms with Crippen LogP contribution in [-0.4, -0.2) is 17.1 Å². The zero-order valence-electron chi connectivity index (χ0n) is 10.7. The molecule has 0 fully saturated rings. The van der Waals surface area contributed by atoms with E-state index in [1.165, 1.54) is 5.56 Å². The van der Waals surface area contributed by atoms with Crippen molar-refractivity contribution in [3.63, 3.8) is 0 Å². The summed E-state index contributed by atoms with van der Waals surface area (Å²) in [6.45, 7) is 2.82. The Morgan fingerprint density at radius 2 is 2.22 bits per heavy atom. The minimum atomic E-state index is -0.457. The van der Waals surface area contributed by atoms with Gasteiger partial charge in [-0.05, 0) is 40.9 Å². The molecule has 0 radical (unpaired) electrons. The van der Waals surface area contributed by atoms with Gasteiger partial charge in [0.15, 0.2) is 0 Å². The van der Waals surface area contributed by atoms with Crippen molar-refractivity contribution in [3.8, 4) is 0 Å². The molecule has 0 aromatic carbocycles. The molecule has 18 heavy (non-hydrogen) atoms. The first-order valence-electron chi connectivity index (χ1n) is 6.07. The van der Waals surface area contributed by atoms with Crippen molar-refractivity contribution in [2.24, 2.45) is 0 Å². The van der Waals surface area contributed by atoms with Crippen LogP contribution in [0.1, 0.15) is 30.7 Å². The lowest BCUT2D eigenvalue weighted by Crippen LogP contribution is -2.16. The van der Waals surface area contributed by atoms with Gasteiger partial charge in [0, 0.05) is 13.6 Å². The summed E-state index contributed by atoms with van der Waals surface area (Å²) in [5, 5.41) is 13.9. The maximum atomic E-state index is 9.69. The Bertz CT molecular complexity index is 467. The lowest BCUT2D eigenvalue weighted by atomic mass is 10.2. The van der Waals surface area contributed by atoms with Crippen LogP contribution in [0.3, 0.4) is 0 Å². The molecule has 0 spiro atoms. The standard InChI is InChI=1S/C14H18N2OS/c1-3-14(17)13-5-4-12(8-15-13)16(2)9-11-6-7-18-10-11/h4-8,10,14,17H,3,9H2,1-2H3. The van der Waals surface area contributed by atoms with Gasteiger partial charge in [-0.1, -0.05) is 6.92 Å². The van der Waals surface area contributed by atoms with E-state index >= 15 is 0 Å². The molecule has 0 saturated heterocycles. The Hall–Kier alpha value is -1.39. The molecule has 96 valence electrons. The van der Waals surface area contributed by atoms with Gasteiger partial charge in [-0.2, -0.15) is 11.3 Å². The van der Waals surface area contributed by atoms with E-state index in [1.54, 1.807) is 11.3 Å². The summed E-state index contributed by atoms with van der Waals surface area (Å²) >= 11 is 1.71. The molecular formula is C14H18N2OS. The lowest BCUT2D eigenvalue weighted by molar-refractivity contribution is 0.169. The number of hydrogen-bond acceptors (Lipinski definition) is 4. The summed E-state index contributed by atoms with van der Waals surface area (Å²) in [4.78, 5) is 6.46. The highest BCUT2D eigenvalue weighted by Gasteiger charge is 2.07. The first-order valence-corrected chi connectivity index (χ1v) is 7.01. The quantitative estimate of drug-likeness (QED) is 0.898. The number of aliphatic hydroxyl groups excluding tert-OH is 1. The van der Waals surface area contributed by atoms with Gasteiger partial charge < -0.3 is 10.0 Å². The second-order valence-corrected chi connectivity index (χ2v) is 5.13. The van der Waals surface area contributed by atoms with Gasteiger partial charge in [0.2, 0.25) is 0 Å². The van der Waals surface area contributed by atoms with Gasteiger partial charge in [-0.25, -0.2) is 0 Å². The van der Waals surface area contributed by atoms with Crippen molar-refractivity contribution in [1.29, 1.82) is 0 Å². The van der Waals surface area contributed by atoms with Gasteiger partial charge in [-0.3, -0.25) is 4.98 Å². The van der Waals surface area contributed by atoms with Crippen molar-refractivity contribution in [1.82, 2.24) is 4.98 Å². The average molecular weight is 262 g/mol. The molecule has 1 N–H and O–H groups in total. The predicted molar refractivity (Wildman–Crippen MR) is 75.9 cm³/mol. The second-order valence-electron chi connectivity index (χ2n) is 4.35. The van der Waals surface area contributed by atoms with E-state index in [0.29, 0.717) is 6.42 Å². The first kappa shape index (κ1) is 13.1. The number of thiophene rings is 1. The molecular weight excluding hydrogens is 244 g/mol. The maximum absolute atomic E-state index is 9.69. The number of aliphatic hydroxyl groups is 1. The van der Waals surface area contributed by atoms with E-state index in [1.807, 2.05) is 32.3 Å². The molecule has 0 aliphatic carbocycles. The Kier molecular flexibility index (Phi) is 4.33. The van der Waals surface area contributed by atoms with Crippen molar-refractivity contribution in [2.75, 3.05) is 11.9 Å². The Balaban J connectivity index is 2.04. The van der Waals surface area contributed by atoms with Gasteiger partial charge in [0.05, 0.1) is 23.7 Å². The van der Waals surface area contributed by atoms with Gasteiger partial charge in [0.25, 0.3) is 0 Å². The van der Waals surface area contributed by atoms with E-state index in [9.17, 15) is 5.11 Å². The monoisotopic (exact) mass is 262 g/mol. The summed E-state index contributed by atoms with van der Waals surface area (Å²) in [6.07, 6.45) is 2.05. The van der Waals surface area contributed by atoms with E-state index in [4.69, 9.17) is 0 Å². The minimum Gasteiger partial charge on any atom is -0.387 e. The van der Waals surface area contributed by atoms with Crippen LogP contribution in [0.4, 0.5) is 5.69 Å². The zero-order valence-corrected chi connectivity index (χ0v) is 11.5. The molecule has 1 atom stereocenters. The first-order chi connectivity index (χ1) is 8.70. The Labute approximate surface area is 112 Å². The molecule has 0 bridgehead atoms. The molecule has 2 aromatic rings. The van der Waals surface area contributed by atoms with Gasteiger partial charge in [0.1, 0.15) is 0 Å². The van der Waals surface area contributed by atoms with E-state index < -0.39 is 6.10 Å². The second kappa shape index (κ2) is 5.98. The topological polar surface area (TPSA) is 36.4 Å². The van der Waals surface area contributed by atoms with Crippen molar-refractivity contribution < 1.29 is 5.11 Å². The largest absolute Gasteiger partial charge is 0.387 e. The van der Waals surface area contributed by atoms with E-state index in [2.05, 4.69) is 26.7 Å². The molecule has 2 aromatic heterocycles. The predicted octanol–water partition coefficient (Wildman–Crippen LogP) is 3.22. The van der Waals surface area contributed by atoms with Crippen molar-refractivity contribution in [2.45, 2.75) is 26.0 Å². The molecule has 2 heterocycles. The van der Waals surface area contributed by atoms with Crippen LogP contribution in [0.15, 0.2) is 35.2 Å². The highest BCUT2D eigenvalue weighted by atomic mass is 32.1. The zero-order chi connectivity index (χ0) is 13.0. The molecule has 0 aliphatic heterocycles. The van der Waals surface area contributed by atoms with Crippen LogP contribution >= 0.6 is 11.3 Å². The van der Waals surface area contributed by atoms with Gasteiger partial charge in [-0.15, -0.1) is 0 Å². The molecule has 3 nitrogen and oxygen atoms in total. The highest BCUT2D eigenvalue weighted by Crippen LogP contribution is 2.19. The van der Waals surface area contributed by atoms with Crippen molar-refractivity contribution >= 4 is 17.0 Å². The summed E-state index contributed by atoms with van der Waals surface area (Å²) in [6, 6.07) is 6.03. The fraction of sp³-hybridized carbons (Fsp3) is 0.357. The normalized spacial score (nSPS) is 12.4. The van der Waals surface area contributed by atoms with Crippen LogP contribution in [0.5, 0.6) is 0 Å². The van der Waals surface area contributed by atoms with Crippen LogP contribution in [0.25, 0.3) is 0 Å². The van der Waals surface area contributed by atoms with Crippen LogP contribution in [0, 0.1) is 0 Å². The number of pyridine rings is 1. The fourth-order valence-electron chi connectivity index (χ4n) is 1.78. The molecule has 0 aliphatic rings. The maximum Gasteiger partial charge on any atom is 0.0957 e. The third kappa shape index (κ3) is 3.09. The molecule has 0 saturated carbocycles. The summed E-state index contributed by atoms with van der Waals surface area (Å²) in [5.74, 6) is 0. The third-order valence-corrected chi connectivity index (χ3v) is 3.67. The molecule has 1 unspecified atom stereocenters. The highest BCUT2D eigenvalue weighted by molar-refractivity contribution is 7.07. The molecule has 2 rings (SSSR count). The average Bonchev–Trinajstić information content (AvgIpc) is 2.91. The Morgan fingerprint density at radius 3 is 2.78 bits per heavy atom. The number of rotatable bonds is 5. The fourth-order valence-corrected chi connectivity index (χ4v) is 2.44. The Morgan fingerprint density at radius 1 is 1.39 bits per heavy atom. The smallest absolute Gasteiger partial charge is 0.0957 e. The van der Waals surface area contributed by atoms with Gasteiger partial charge >= 0.3 is 0 Å². The number of anilines is 1.